The van der Waals surface area contributed by atoms with Gasteiger partial charge in [0.25, 0.3) is 0 Å². The number of oxazole rings is 2. The van der Waals surface area contributed by atoms with E-state index in [0.29, 0.717) is 17.5 Å². The van der Waals surface area contributed by atoms with Gasteiger partial charge in [-0.1, -0.05) is 322 Å². The fourth-order valence-corrected chi connectivity index (χ4v) is 21.3. The molecule has 0 atom stereocenters. The number of hydrogen-bond donors (Lipinski definition) is 0. The third-order valence-corrected chi connectivity index (χ3v) is 28.4. The van der Waals surface area contributed by atoms with Crippen molar-refractivity contribution in [3.8, 4) is 151 Å². The molecule has 694 valence electrons. The molecule has 0 fully saturated rings. The van der Waals surface area contributed by atoms with Gasteiger partial charge in [-0.2, -0.15) is 0 Å². The average Bonchev–Trinajstić information content (AvgIpc) is 1.51. The van der Waals surface area contributed by atoms with E-state index in [2.05, 4.69) is 401 Å². The van der Waals surface area contributed by atoms with Crippen LogP contribution in [-0.4, -0.2) is 54.4 Å². The lowest BCUT2D eigenvalue weighted by Gasteiger charge is -2.16. The molecular weight excluding hydrogens is 1830 g/mol. The van der Waals surface area contributed by atoms with Crippen molar-refractivity contribution in [3.63, 3.8) is 0 Å². The Hall–Kier alpha value is -19.8. The number of benzene rings is 19. The summed E-state index contributed by atoms with van der Waals surface area (Å²) >= 11 is 1.72. The summed E-state index contributed by atoms with van der Waals surface area (Å²) in [5.74, 6) is 2.03. The van der Waals surface area contributed by atoms with Gasteiger partial charge < -0.3 is 8.83 Å². The third kappa shape index (κ3) is 17.4. The highest BCUT2D eigenvalue weighted by Gasteiger charge is 2.24. The number of rotatable bonds is 14. The minimum atomic E-state index is 0.503. The molecule has 19 aromatic carbocycles. The van der Waals surface area contributed by atoms with Crippen LogP contribution in [0.2, 0.25) is 0 Å². The van der Waals surface area contributed by atoms with Crippen LogP contribution in [0.25, 0.3) is 270 Å². The van der Waals surface area contributed by atoms with E-state index in [0.717, 1.165) is 172 Å². The average molecular weight is 1910 g/mol. The normalized spacial score (nSPS) is 11.4. The van der Waals surface area contributed by atoms with Gasteiger partial charge in [-0.3, -0.25) is 24.5 Å². The molecule has 13 nitrogen and oxygen atoms in total. The Labute approximate surface area is 855 Å². The Morgan fingerprint density at radius 3 is 1.21 bits per heavy atom. The van der Waals surface area contributed by atoms with Crippen molar-refractivity contribution in [2.45, 2.75) is 0 Å². The van der Waals surface area contributed by atoms with Crippen molar-refractivity contribution in [3.05, 3.63) is 517 Å². The van der Waals surface area contributed by atoms with Crippen LogP contribution in [0.4, 0.5) is 0 Å². The lowest BCUT2D eigenvalue weighted by molar-refractivity contribution is 0.617. The van der Waals surface area contributed by atoms with Crippen molar-refractivity contribution in [2.24, 2.45) is 0 Å². The summed E-state index contributed by atoms with van der Waals surface area (Å²) in [6.45, 7) is 0. The van der Waals surface area contributed by atoms with Crippen molar-refractivity contribution in [1.29, 1.82) is 0 Å². The Balaban J connectivity index is 0.000000100. The minimum Gasteiger partial charge on any atom is -0.436 e. The SMILES string of the molecule is c1ccc(-n2c(-c3cc(-c4cccnc4)cc(-c4c5ccccc5cc5ccccc45)c3)nc3ccccc32)cc1.c1ccc2c(-c3cc(-c4nc5ccccc5o4)cc(-c4cncc5ccccc45)c3)cccc2c1.c1ccc2c(-c3cc(-c4nc5ccccc5o4)nc(-c4cncc5ccccc45)c3)cccc2c1.c1cncc(-c2cc(-c3cccc4ccccc34)cc(-c3ccc(-c4nc5ccccc5s4)cc3)n2)c1. The van der Waals surface area contributed by atoms with Crippen LogP contribution >= 0.6 is 11.3 Å². The summed E-state index contributed by atoms with van der Waals surface area (Å²) in [7, 11) is 0. The first-order valence-corrected chi connectivity index (χ1v) is 50.0. The maximum absolute atomic E-state index is 6.18. The van der Waals surface area contributed by atoms with E-state index in [1.54, 1.807) is 17.5 Å². The molecule has 0 amide bonds. The monoisotopic (exact) mass is 1910 g/mol. The molecule has 148 heavy (non-hydrogen) atoms. The van der Waals surface area contributed by atoms with Gasteiger partial charge in [-0.25, -0.2) is 29.9 Å². The second-order valence-electron chi connectivity index (χ2n) is 36.6. The number of thiazole rings is 1. The van der Waals surface area contributed by atoms with Crippen molar-refractivity contribution in [1.82, 2.24) is 54.4 Å². The lowest BCUT2D eigenvalue weighted by Crippen LogP contribution is -1.98. The highest BCUT2D eigenvalue weighted by molar-refractivity contribution is 7.21. The number of pyridine rings is 6. The van der Waals surface area contributed by atoms with Crippen LogP contribution in [0.15, 0.2) is 526 Å². The predicted molar refractivity (Wildman–Crippen MR) is 609 cm³/mol. The van der Waals surface area contributed by atoms with Crippen LogP contribution in [-0.2, 0) is 0 Å². The molecule has 0 unspecified atom stereocenters. The van der Waals surface area contributed by atoms with Gasteiger partial charge in [0.05, 0.1) is 38.3 Å². The maximum atomic E-state index is 6.18. The minimum absolute atomic E-state index is 0.503. The van der Waals surface area contributed by atoms with E-state index < -0.39 is 0 Å². The maximum Gasteiger partial charge on any atom is 0.246 e. The molecule has 10 heterocycles. The molecule has 0 N–H and O–H groups in total. The highest BCUT2D eigenvalue weighted by atomic mass is 32.1. The summed E-state index contributed by atoms with van der Waals surface area (Å²) in [6.07, 6.45) is 15.0. The molecule has 0 radical (unpaired) electrons. The molecule has 0 aliphatic rings. The molecule has 14 heteroatoms. The molecule has 0 aliphatic carbocycles. The summed E-state index contributed by atoms with van der Waals surface area (Å²) < 4.78 is 15.8. The van der Waals surface area contributed by atoms with Gasteiger partial charge >= 0.3 is 0 Å². The first kappa shape index (κ1) is 88.4. The van der Waals surface area contributed by atoms with Crippen LogP contribution in [0.1, 0.15) is 0 Å². The van der Waals surface area contributed by atoms with Gasteiger partial charge in [-0.05, 0) is 266 Å². The van der Waals surface area contributed by atoms with Gasteiger partial charge in [0.1, 0.15) is 27.6 Å². The zero-order chi connectivity index (χ0) is 98.2. The standard InChI is InChI=1S/C38H25N3.C33H21N3S.C32H20N2O.C31H19N3O/c1-2-14-32(15-3-1)41-36-19-9-8-18-35(36)40-38(41)31-23-29(28-13-10-20-39-25-28)22-30(24-31)37-33-16-6-4-11-26(33)21-27-12-5-7-17-34(27)37;1-2-10-27-22(7-1)8-5-11-28(27)26-19-30(35-31(20-26)25-9-6-18-34-21-25)23-14-16-24(17-15-23)33-36-29-12-3-4-13-32(29)37-33;1-3-11-26-21(8-1)10-7-13-28(26)23-16-24(29-20-33-19-22-9-2-4-12-27(22)29)18-25(17-23)32-34-30-14-5-6-15-31(30)35-32;1-3-11-23-20(8-1)10-7-13-25(23)22-16-28(26-19-32-18-21-9-2-4-12-24(21)26)33-29(17-22)31-34-27-14-5-6-15-30(27)35-31/h1-25H;1-21H;1-20H;1-19H. The molecule has 0 saturated heterocycles. The molecule has 0 spiro atoms. The van der Waals surface area contributed by atoms with Gasteiger partial charge in [0.2, 0.25) is 11.8 Å². The smallest absolute Gasteiger partial charge is 0.246 e. The lowest BCUT2D eigenvalue weighted by atomic mass is 9.89. The number of nitrogens with zero attached hydrogens (tertiary/aromatic N) is 11. The van der Waals surface area contributed by atoms with Crippen LogP contribution < -0.4 is 0 Å². The number of fused-ring (bicyclic) bond motifs is 11. The summed E-state index contributed by atoms with van der Waals surface area (Å²) in [4.78, 5) is 47.5. The molecule has 0 bridgehead atoms. The Bertz CT molecular complexity index is 9460. The number of hydrogen-bond acceptors (Lipinski definition) is 13. The Morgan fingerprint density at radius 1 is 0.203 bits per heavy atom. The van der Waals surface area contributed by atoms with Crippen LogP contribution in [0.5, 0.6) is 0 Å². The highest BCUT2D eigenvalue weighted by Crippen LogP contribution is 2.46. The zero-order valence-electron chi connectivity index (χ0n) is 79.7. The number of aromatic nitrogens is 11. The summed E-state index contributed by atoms with van der Waals surface area (Å²) in [5.41, 5.74) is 30.4. The molecule has 10 aromatic heterocycles. The van der Waals surface area contributed by atoms with Crippen molar-refractivity contribution in [2.75, 3.05) is 0 Å². The van der Waals surface area contributed by atoms with E-state index in [-0.39, 0.29) is 0 Å². The van der Waals surface area contributed by atoms with Gasteiger partial charge in [0.15, 0.2) is 11.2 Å². The van der Waals surface area contributed by atoms with E-state index in [1.807, 2.05) is 134 Å². The van der Waals surface area contributed by atoms with Gasteiger partial charge in [0, 0.05) is 111 Å². The van der Waals surface area contributed by atoms with E-state index in [9.17, 15) is 0 Å². The van der Waals surface area contributed by atoms with E-state index >= 15 is 0 Å². The zero-order valence-corrected chi connectivity index (χ0v) is 80.5. The Morgan fingerprint density at radius 2 is 0.622 bits per heavy atom. The molecular formula is C134H85N11O2S. The van der Waals surface area contributed by atoms with Crippen molar-refractivity contribution < 1.29 is 8.83 Å². The second-order valence-corrected chi connectivity index (χ2v) is 37.6. The number of para-hydroxylation sites is 8. The third-order valence-electron chi connectivity index (χ3n) is 27.4. The van der Waals surface area contributed by atoms with Crippen LogP contribution in [0.3, 0.4) is 0 Å². The first-order valence-electron chi connectivity index (χ1n) is 49.2. The first-order chi connectivity index (χ1) is 73.3. The van der Waals surface area contributed by atoms with Crippen LogP contribution in [0, 0.1) is 0 Å². The molecule has 0 saturated carbocycles. The summed E-state index contributed by atoms with van der Waals surface area (Å²) in [5, 5.41) is 17.7. The fraction of sp³-hybridized carbons (Fsp3) is 0. The van der Waals surface area contributed by atoms with E-state index in [1.165, 1.54) is 80.6 Å². The predicted octanol–water partition coefficient (Wildman–Crippen LogP) is 35.1. The number of imidazole rings is 1. The van der Waals surface area contributed by atoms with Crippen molar-refractivity contribution >= 4 is 130 Å². The topological polar surface area (TPSA) is 160 Å². The van der Waals surface area contributed by atoms with E-state index in [4.69, 9.17) is 38.7 Å². The Kier molecular flexibility index (Phi) is 23.2. The molecule has 29 aromatic rings. The fourth-order valence-electron chi connectivity index (χ4n) is 20.3. The van der Waals surface area contributed by atoms with Gasteiger partial charge in [-0.15, -0.1) is 11.3 Å². The largest absolute Gasteiger partial charge is 0.436 e. The molecule has 29 rings (SSSR count). The molecule has 0 aliphatic heterocycles. The summed E-state index contributed by atoms with van der Waals surface area (Å²) in [6, 6.07) is 162. The second kappa shape index (κ2) is 38.9. The quantitative estimate of drug-likeness (QED) is 0.0950.